The average molecular weight is 659 g/mol. The number of rotatable bonds is 0. The van der Waals surface area contributed by atoms with Gasteiger partial charge in [0.15, 0.2) is 5.69 Å². The Hall–Kier alpha value is -6.91. The molecule has 4 nitrogen and oxygen atoms in total. The van der Waals surface area contributed by atoms with Gasteiger partial charge < -0.3 is 9.14 Å². The number of hydrogen-bond donors (Lipinski definition) is 0. The maximum atomic E-state index is 7.09. The second-order valence-corrected chi connectivity index (χ2v) is 14.9. The Kier molecular flexibility index (Phi) is 3.79. The van der Waals surface area contributed by atoms with Crippen molar-refractivity contribution in [2.24, 2.45) is 0 Å². The molecule has 0 saturated carbocycles. The second kappa shape index (κ2) is 7.85. The van der Waals surface area contributed by atoms with Gasteiger partial charge in [-0.05, 0) is 45.8 Å². The van der Waals surface area contributed by atoms with Crippen LogP contribution in [0.2, 0.25) is 0 Å². The summed E-state index contributed by atoms with van der Waals surface area (Å²) in [6, 6.07) is 54.2. The SMILES string of the molecule is c1ccc2c(c1)c1n3c4c5c(ccc4c4c6ccccc6c6ccccc6c4c23)Oc2ccc3c4ccccc4c4c6ccccc6c6n4c3[n+]2C516. The lowest BCUT2D eigenvalue weighted by molar-refractivity contribution is -0.712. The Labute approximate surface area is 294 Å². The van der Waals surface area contributed by atoms with Gasteiger partial charge >= 0.3 is 0 Å². The third kappa shape index (κ3) is 2.30. The number of fused-ring (bicyclic) bond motifs is 17. The van der Waals surface area contributed by atoms with E-state index in [0.717, 1.165) is 11.6 Å². The lowest BCUT2D eigenvalue weighted by Crippen LogP contribution is -2.58. The van der Waals surface area contributed by atoms with Gasteiger partial charge in [-0.2, -0.15) is 8.97 Å². The van der Waals surface area contributed by atoms with E-state index >= 15 is 0 Å². The molecule has 5 aromatic heterocycles. The molecular weight excluding hydrogens is 635 g/mol. The van der Waals surface area contributed by atoms with E-state index in [1.54, 1.807) is 0 Å². The van der Waals surface area contributed by atoms with E-state index in [9.17, 15) is 0 Å². The summed E-state index contributed by atoms with van der Waals surface area (Å²) in [6.45, 7) is 0. The molecule has 8 heterocycles. The molecule has 3 aliphatic rings. The van der Waals surface area contributed by atoms with Gasteiger partial charge in [-0.15, -0.1) is 0 Å². The van der Waals surface area contributed by atoms with Crippen LogP contribution in [-0.2, 0) is 5.54 Å². The summed E-state index contributed by atoms with van der Waals surface area (Å²) < 4.78 is 14.9. The van der Waals surface area contributed by atoms with Gasteiger partial charge in [-0.25, -0.2) is 0 Å². The van der Waals surface area contributed by atoms with Gasteiger partial charge in [0.05, 0.1) is 27.7 Å². The van der Waals surface area contributed by atoms with Crippen molar-refractivity contribution >= 4 is 97.6 Å². The summed E-state index contributed by atoms with van der Waals surface area (Å²) in [5, 5.41) is 18.0. The largest absolute Gasteiger partial charge is 0.422 e. The Morgan fingerprint density at radius 3 is 1.56 bits per heavy atom. The fraction of sp³-hybridized carbons (Fsp3) is 0.0208. The highest BCUT2D eigenvalue weighted by atomic mass is 16.5. The summed E-state index contributed by atoms with van der Waals surface area (Å²) in [5.41, 5.74) is 8.15. The zero-order valence-corrected chi connectivity index (χ0v) is 27.6. The van der Waals surface area contributed by atoms with E-state index in [1.165, 1.54) is 115 Å². The molecular formula is C48H24N3O+. The van der Waals surface area contributed by atoms with E-state index in [4.69, 9.17) is 4.74 Å². The van der Waals surface area contributed by atoms with E-state index in [1.807, 2.05) is 0 Å². The van der Waals surface area contributed by atoms with Crippen molar-refractivity contribution in [1.29, 1.82) is 0 Å². The standard InChI is InChI=1S/C48H24N3O/c1-4-14-28-25(11-1)26-12-2-5-15-29(26)40-39(28)36-21-23-37-41-44(36)49-43(40)32-18-8-10-20-34(32)45(49)48(41)46-33-19-9-7-17-31(33)42-30-16-6-3-13-27(30)35-22-24-38(52-37)51(48)47(35)50(42)46/h1-24H/q+1. The predicted octanol–water partition coefficient (Wildman–Crippen LogP) is 11.3. The topological polar surface area (TPSA) is 21.9 Å². The van der Waals surface area contributed by atoms with Crippen LogP contribution in [0.4, 0.5) is 0 Å². The van der Waals surface area contributed by atoms with E-state index in [0.29, 0.717) is 0 Å². The number of nitrogens with zero attached hydrogens (tertiary/aromatic N) is 3. The molecule has 0 N–H and O–H groups in total. The first-order valence-corrected chi connectivity index (χ1v) is 18.1. The van der Waals surface area contributed by atoms with Crippen LogP contribution >= 0.6 is 0 Å². The second-order valence-electron chi connectivity index (χ2n) is 14.9. The van der Waals surface area contributed by atoms with Crippen molar-refractivity contribution in [1.82, 2.24) is 8.80 Å². The van der Waals surface area contributed by atoms with Crippen molar-refractivity contribution in [3.63, 3.8) is 0 Å². The van der Waals surface area contributed by atoms with E-state index < -0.39 is 5.54 Å². The highest BCUT2D eigenvalue weighted by Crippen LogP contribution is 2.62. The smallest absolute Gasteiger partial charge is 0.299 e. The molecule has 0 fully saturated rings. The fourth-order valence-electron chi connectivity index (χ4n) is 11.3. The number of hydrogen-bond acceptors (Lipinski definition) is 1. The lowest BCUT2D eigenvalue weighted by Gasteiger charge is -2.31. The molecule has 0 bridgehead atoms. The molecule has 0 saturated heterocycles. The Bertz CT molecular complexity index is 3790. The first kappa shape index (κ1) is 25.1. The number of pyridine rings is 3. The minimum absolute atomic E-state index is 0.676. The molecule has 1 unspecified atom stereocenters. The molecule has 236 valence electrons. The van der Waals surface area contributed by atoms with Gasteiger partial charge in [0, 0.05) is 54.5 Å². The summed E-state index contributed by atoms with van der Waals surface area (Å²) in [7, 11) is 0. The van der Waals surface area contributed by atoms with Crippen molar-refractivity contribution in [2.75, 3.05) is 0 Å². The van der Waals surface area contributed by atoms with Gasteiger partial charge in [-0.3, -0.25) is 0 Å². The van der Waals surface area contributed by atoms with Crippen molar-refractivity contribution in [3.8, 4) is 11.6 Å². The minimum atomic E-state index is -0.676. The van der Waals surface area contributed by atoms with Crippen LogP contribution in [0.5, 0.6) is 11.6 Å². The highest BCUT2D eigenvalue weighted by Gasteiger charge is 2.65. The first-order chi connectivity index (χ1) is 25.9. The van der Waals surface area contributed by atoms with Crippen LogP contribution in [0.15, 0.2) is 146 Å². The molecule has 0 radical (unpaired) electrons. The lowest BCUT2D eigenvalue weighted by atomic mass is 9.79. The van der Waals surface area contributed by atoms with Crippen LogP contribution in [0, 0.1) is 0 Å². The van der Waals surface area contributed by atoms with Gasteiger partial charge in [0.25, 0.3) is 11.5 Å². The van der Waals surface area contributed by atoms with Crippen LogP contribution < -0.4 is 9.30 Å². The molecule has 15 rings (SSSR count). The quantitative estimate of drug-likeness (QED) is 0.117. The van der Waals surface area contributed by atoms with Crippen molar-refractivity contribution in [2.45, 2.75) is 5.54 Å². The van der Waals surface area contributed by atoms with Crippen LogP contribution in [0.3, 0.4) is 0 Å². The first-order valence-electron chi connectivity index (χ1n) is 18.1. The van der Waals surface area contributed by atoms with Gasteiger partial charge in [-0.1, -0.05) is 115 Å². The molecule has 1 atom stereocenters. The third-order valence-corrected chi connectivity index (χ3v) is 12.9. The van der Waals surface area contributed by atoms with Crippen LogP contribution in [0.1, 0.15) is 17.0 Å². The van der Waals surface area contributed by atoms with Gasteiger partial charge in [0.1, 0.15) is 11.3 Å². The van der Waals surface area contributed by atoms with Crippen LogP contribution in [-0.4, -0.2) is 8.80 Å². The van der Waals surface area contributed by atoms with Crippen molar-refractivity contribution < 1.29 is 9.30 Å². The molecule has 4 heteroatoms. The van der Waals surface area contributed by atoms with E-state index in [2.05, 4.69) is 159 Å². The molecule has 1 spiro atoms. The number of aromatic nitrogens is 3. The normalized spacial score (nSPS) is 16.7. The Balaban J connectivity index is 1.33. The fourth-order valence-corrected chi connectivity index (χ4v) is 11.3. The molecule has 52 heavy (non-hydrogen) atoms. The zero-order chi connectivity index (χ0) is 33.2. The third-order valence-electron chi connectivity index (χ3n) is 12.9. The Morgan fingerprint density at radius 1 is 0.385 bits per heavy atom. The zero-order valence-electron chi connectivity index (χ0n) is 27.6. The maximum absolute atomic E-state index is 7.09. The predicted molar refractivity (Wildman–Crippen MR) is 210 cm³/mol. The summed E-state index contributed by atoms with van der Waals surface area (Å²) in [6.07, 6.45) is 0. The number of benzene rings is 7. The molecule has 7 aromatic carbocycles. The molecule has 0 aliphatic carbocycles. The number of ether oxygens (including phenoxy) is 1. The molecule has 12 aromatic rings. The van der Waals surface area contributed by atoms with Crippen LogP contribution in [0.25, 0.3) is 97.6 Å². The van der Waals surface area contributed by atoms with Gasteiger partial charge in [0.2, 0.25) is 5.54 Å². The summed E-state index contributed by atoms with van der Waals surface area (Å²) >= 11 is 0. The summed E-state index contributed by atoms with van der Waals surface area (Å²) in [4.78, 5) is 0. The highest BCUT2D eigenvalue weighted by molar-refractivity contribution is 6.38. The Morgan fingerprint density at radius 2 is 0.885 bits per heavy atom. The van der Waals surface area contributed by atoms with Crippen molar-refractivity contribution in [3.05, 3.63) is 163 Å². The van der Waals surface area contributed by atoms with E-state index in [-0.39, 0.29) is 0 Å². The maximum Gasteiger partial charge on any atom is 0.299 e. The molecule has 0 amide bonds. The summed E-state index contributed by atoms with van der Waals surface area (Å²) in [5.74, 6) is 1.80. The minimum Gasteiger partial charge on any atom is -0.422 e. The average Bonchev–Trinajstić information content (AvgIpc) is 3.92. The monoisotopic (exact) mass is 658 g/mol. The molecule has 3 aliphatic heterocycles.